The second kappa shape index (κ2) is 7.75. The van der Waals surface area contributed by atoms with Gasteiger partial charge < -0.3 is 19.2 Å². The van der Waals surface area contributed by atoms with Crippen LogP contribution in [0.3, 0.4) is 0 Å². The number of carbonyl (C=O) groups excluding carboxylic acids is 1. The van der Waals surface area contributed by atoms with E-state index in [4.69, 9.17) is 11.6 Å². The third-order valence-corrected chi connectivity index (χ3v) is 6.08. The van der Waals surface area contributed by atoms with Gasteiger partial charge in [-0.05, 0) is 30.2 Å². The summed E-state index contributed by atoms with van der Waals surface area (Å²) >= 11 is 6.42. The lowest BCUT2D eigenvalue weighted by Crippen LogP contribution is -2.41. The Morgan fingerprint density at radius 3 is 2.48 bits per heavy atom. The van der Waals surface area contributed by atoms with E-state index in [0.29, 0.717) is 45.0 Å². The lowest BCUT2D eigenvalue weighted by molar-refractivity contribution is -0.108. The minimum absolute atomic E-state index is 0.0104. The van der Waals surface area contributed by atoms with Gasteiger partial charge in [-0.1, -0.05) is 11.6 Å². The van der Waals surface area contributed by atoms with Crippen molar-refractivity contribution in [2.45, 2.75) is 25.3 Å². The smallest absolute Gasteiger partial charge is 0.248 e. The highest BCUT2D eigenvalue weighted by atomic mass is 35.5. The predicted octanol–water partition coefficient (Wildman–Crippen LogP) is 3.95. The summed E-state index contributed by atoms with van der Waals surface area (Å²) in [4.78, 5) is 33.0. The number of fused-ring (bicyclic) bond motifs is 2. The zero-order chi connectivity index (χ0) is 22.5. The normalized spacial score (nSPS) is 15.8. The van der Waals surface area contributed by atoms with E-state index in [0.717, 1.165) is 6.29 Å². The molecule has 1 aliphatic carbocycles. The van der Waals surface area contributed by atoms with Crippen molar-refractivity contribution in [3.8, 4) is 0 Å². The maximum absolute atomic E-state index is 13.2. The summed E-state index contributed by atoms with van der Waals surface area (Å²) in [7, 11) is 5.41. The number of nitrogens with zero attached hydrogens (tertiary/aromatic N) is 4. The first-order chi connectivity index (χ1) is 14.6. The van der Waals surface area contributed by atoms with Crippen LogP contribution in [-0.2, 0) is 11.3 Å². The molecule has 164 valence electrons. The molecule has 3 aromatic rings. The van der Waals surface area contributed by atoms with Gasteiger partial charge in [-0.25, -0.2) is 13.8 Å². The standard InChI is InChI=1S/C22H23ClF2N4O2/c1-27(2)19-16(23)6-4-14-18(19)29(8-9-30)21-15(20(14)31)5-7-17(26-21)28(3)12-13-10-22(24,25)11-13/h4-7,9,13H,8,10-12H2,1-3H3. The highest BCUT2D eigenvalue weighted by Crippen LogP contribution is 2.43. The molecule has 9 heteroatoms. The molecule has 1 aliphatic rings. The van der Waals surface area contributed by atoms with Crippen LogP contribution < -0.4 is 15.2 Å². The highest BCUT2D eigenvalue weighted by molar-refractivity contribution is 6.35. The fraction of sp³-hybridized carbons (Fsp3) is 0.409. The summed E-state index contributed by atoms with van der Waals surface area (Å²) in [5.74, 6) is -2.13. The number of aldehydes is 1. The van der Waals surface area contributed by atoms with E-state index < -0.39 is 5.92 Å². The van der Waals surface area contributed by atoms with Crippen LogP contribution in [0.1, 0.15) is 12.8 Å². The first-order valence-electron chi connectivity index (χ1n) is 9.98. The summed E-state index contributed by atoms with van der Waals surface area (Å²) in [6.07, 6.45) is 0.490. The Morgan fingerprint density at radius 2 is 1.87 bits per heavy atom. The van der Waals surface area contributed by atoms with Crippen LogP contribution in [-0.4, -0.2) is 49.4 Å². The Hall–Kier alpha value is -2.74. The summed E-state index contributed by atoms with van der Waals surface area (Å²) in [5, 5.41) is 1.28. The van der Waals surface area contributed by atoms with Gasteiger partial charge in [-0.15, -0.1) is 0 Å². The van der Waals surface area contributed by atoms with E-state index in [1.807, 2.05) is 19.0 Å². The van der Waals surface area contributed by atoms with E-state index in [9.17, 15) is 18.4 Å². The van der Waals surface area contributed by atoms with Crippen molar-refractivity contribution in [2.75, 3.05) is 37.5 Å². The number of pyridine rings is 2. The van der Waals surface area contributed by atoms with Gasteiger partial charge in [0.05, 0.1) is 28.2 Å². The second-order valence-corrected chi connectivity index (χ2v) is 8.75. The van der Waals surface area contributed by atoms with Gasteiger partial charge >= 0.3 is 0 Å². The largest absolute Gasteiger partial charge is 0.375 e. The van der Waals surface area contributed by atoms with Gasteiger partial charge in [0.15, 0.2) is 5.43 Å². The molecule has 0 spiro atoms. The lowest BCUT2D eigenvalue weighted by Gasteiger charge is -2.37. The average molecular weight is 449 g/mol. The minimum Gasteiger partial charge on any atom is -0.375 e. The number of rotatable bonds is 6. The molecular weight excluding hydrogens is 426 g/mol. The zero-order valence-corrected chi connectivity index (χ0v) is 18.3. The van der Waals surface area contributed by atoms with Crippen LogP contribution in [0, 0.1) is 5.92 Å². The molecule has 0 atom stereocenters. The topological polar surface area (TPSA) is 58.4 Å². The first-order valence-corrected chi connectivity index (χ1v) is 10.4. The van der Waals surface area contributed by atoms with Crippen LogP contribution in [0.15, 0.2) is 29.1 Å². The number of aromatic nitrogens is 2. The van der Waals surface area contributed by atoms with Crippen molar-refractivity contribution in [3.05, 3.63) is 39.5 Å². The molecule has 31 heavy (non-hydrogen) atoms. The summed E-state index contributed by atoms with van der Waals surface area (Å²) in [6.45, 7) is 0.428. The SMILES string of the molecule is CN(C)c1c(Cl)ccc2c(=O)c3ccc(N(C)CC4CC(F)(F)C4)nc3n(CC=O)c12. The van der Waals surface area contributed by atoms with Crippen molar-refractivity contribution < 1.29 is 13.6 Å². The molecule has 2 aromatic heterocycles. The molecule has 1 aromatic carbocycles. The Labute approximate surface area is 183 Å². The third kappa shape index (κ3) is 3.73. The molecule has 0 radical (unpaired) electrons. The van der Waals surface area contributed by atoms with Gasteiger partial charge in [0.2, 0.25) is 5.92 Å². The van der Waals surface area contributed by atoms with Crippen LogP contribution in [0.25, 0.3) is 21.9 Å². The first kappa shape index (κ1) is 21.5. The number of carbonyl (C=O) groups is 1. The molecular formula is C22H23ClF2N4O2. The third-order valence-electron chi connectivity index (χ3n) is 5.78. The van der Waals surface area contributed by atoms with E-state index in [1.165, 1.54) is 0 Å². The van der Waals surface area contributed by atoms with Crippen LogP contribution in [0.4, 0.5) is 20.3 Å². The van der Waals surface area contributed by atoms with Crippen molar-refractivity contribution in [2.24, 2.45) is 5.92 Å². The molecule has 0 saturated heterocycles. The molecule has 0 aliphatic heterocycles. The molecule has 6 nitrogen and oxygen atoms in total. The molecule has 0 N–H and O–H groups in total. The predicted molar refractivity (Wildman–Crippen MR) is 120 cm³/mol. The van der Waals surface area contributed by atoms with E-state index in [-0.39, 0.29) is 30.7 Å². The summed E-state index contributed by atoms with van der Waals surface area (Å²) in [5.41, 5.74) is 1.32. The highest BCUT2D eigenvalue weighted by Gasteiger charge is 2.45. The Bertz CT molecular complexity index is 1230. The van der Waals surface area contributed by atoms with Crippen molar-refractivity contribution in [3.63, 3.8) is 0 Å². The lowest BCUT2D eigenvalue weighted by atomic mass is 9.81. The van der Waals surface area contributed by atoms with Crippen molar-refractivity contribution in [1.29, 1.82) is 0 Å². The summed E-state index contributed by atoms with van der Waals surface area (Å²) < 4.78 is 28.1. The average Bonchev–Trinajstić information content (AvgIpc) is 2.68. The van der Waals surface area contributed by atoms with Crippen LogP contribution in [0.5, 0.6) is 0 Å². The maximum atomic E-state index is 13.2. The Kier molecular flexibility index (Phi) is 5.37. The van der Waals surface area contributed by atoms with Crippen LogP contribution >= 0.6 is 11.6 Å². The molecule has 4 rings (SSSR count). The van der Waals surface area contributed by atoms with Crippen molar-refractivity contribution in [1.82, 2.24) is 9.55 Å². The molecule has 1 saturated carbocycles. The van der Waals surface area contributed by atoms with Crippen molar-refractivity contribution >= 4 is 51.3 Å². The molecule has 2 heterocycles. The van der Waals surface area contributed by atoms with Crippen LogP contribution in [0.2, 0.25) is 5.02 Å². The number of hydrogen-bond acceptors (Lipinski definition) is 5. The van der Waals surface area contributed by atoms with Gasteiger partial charge in [0, 0.05) is 45.9 Å². The van der Waals surface area contributed by atoms with Gasteiger partial charge in [0.25, 0.3) is 0 Å². The van der Waals surface area contributed by atoms with E-state index >= 15 is 0 Å². The maximum Gasteiger partial charge on any atom is 0.248 e. The number of anilines is 2. The Morgan fingerprint density at radius 1 is 1.19 bits per heavy atom. The monoisotopic (exact) mass is 448 g/mol. The second-order valence-electron chi connectivity index (χ2n) is 8.34. The summed E-state index contributed by atoms with van der Waals surface area (Å²) in [6, 6.07) is 6.71. The molecule has 0 bridgehead atoms. The fourth-order valence-electron chi connectivity index (χ4n) is 4.37. The number of benzene rings is 1. The van der Waals surface area contributed by atoms with Gasteiger partial charge in [-0.2, -0.15) is 0 Å². The van der Waals surface area contributed by atoms with E-state index in [1.54, 1.807) is 40.8 Å². The zero-order valence-electron chi connectivity index (χ0n) is 17.5. The molecule has 1 fully saturated rings. The molecule has 0 unspecified atom stereocenters. The number of hydrogen-bond donors (Lipinski definition) is 0. The van der Waals surface area contributed by atoms with Gasteiger partial charge in [-0.3, -0.25) is 4.79 Å². The van der Waals surface area contributed by atoms with E-state index in [2.05, 4.69) is 4.98 Å². The van der Waals surface area contributed by atoms with Gasteiger partial charge in [0.1, 0.15) is 17.8 Å². The number of alkyl halides is 2. The Balaban J connectivity index is 1.90. The quantitative estimate of drug-likeness (QED) is 0.422. The fourth-order valence-corrected chi connectivity index (χ4v) is 4.69. The minimum atomic E-state index is -2.58. The number of halogens is 3. The molecule has 0 amide bonds.